The van der Waals surface area contributed by atoms with E-state index in [9.17, 15) is 8.42 Å². The molecule has 4 nitrogen and oxygen atoms in total. The number of benzene rings is 1. The highest BCUT2D eigenvalue weighted by Gasteiger charge is 2.31. The zero-order chi connectivity index (χ0) is 12.5. The van der Waals surface area contributed by atoms with E-state index in [1.165, 1.54) is 0 Å². The second-order valence-corrected chi connectivity index (χ2v) is 6.81. The first kappa shape index (κ1) is 15.9. The summed E-state index contributed by atoms with van der Waals surface area (Å²) in [6, 6.07) is 6.92. The standard InChI is InChI=1S/C11H15BrN2O2S.ClH/c1-9-8-13-6-7-14(9)17(15,16)11-5-3-2-4-10(11)12;/h2-5,9,13H,6-8H2,1H3;1H. The van der Waals surface area contributed by atoms with Gasteiger partial charge in [-0.2, -0.15) is 4.31 Å². The number of sulfonamides is 1. The molecule has 0 aromatic heterocycles. The number of nitrogens with one attached hydrogen (secondary N) is 1. The molecule has 1 N–H and O–H groups in total. The van der Waals surface area contributed by atoms with Crippen molar-refractivity contribution < 1.29 is 8.42 Å². The minimum atomic E-state index is -3.40. The highest BCUT2D eigenvalue weighted by Crippen LogP contribution is 2.26. The van der Waals surface area contributed by atoms with Gasteiger partial charge in [-0.3, -0.25) is 0 Å². The average Bonchev–Trinajstić information content (AvgIpc) is 2.29. The van der Waals surface area contributed by atoms with E-state index in [0.717, 1.165) is 0 Å². The Labute approximate surface area is 122 Å². The number of rotatable bonds is 2. The molecular formula is C11H16BrClN2O2S. The molecule has 102 valence electrons. The molecule has 18 heavy (non-hydrogen) atoms. The molecular weight excluding hydrogens is 340 g/mol. The lowest BCUT2D eigenvalue weighted by Gasteiger charge is -2.33. The van der Waals surface area contributed by atoms with Crippen molar-refractivity contribution in [2.24, 2.45) is 0 Å². The Kier molecular flexibility index (Phi) is 5.61. The molecule has 1 saturated heterocycles. The lowest BCUT2D eigenvalue weighted by molar-refractivity contribution is 0.283. The van der Waals surface area contributed by atoms with E-state index >= 15 is 0 Å². The third kappa shape index (κ3) is 3.05. The molecule has 7 heteroatoms. The number of nitrogens with zero attached hydrogens (tertiary/aromatic N) is 1. The van der Waals surface area contributed by atoms with Crippen LogP contribution in [-0.4, -0.2) is 38.4 Å². The molecule has 1 aliphatic rings. The van der Waals surface area contributed by atoms with Crippen LogP contribution in [0.2, 0.25) is 0 Å². The van der Waals surface area contributed by atoms with Crippen LogP contribution >= 0.6 is 28.3 Å². The summed E-state index contributed by atoms with van der Waals surface area (Å²) >= 11 is 3.30. The van der Waals surface area contributed by atoms with E-state index in [4.69, 9.17) is 0 Å². The maximum atomic E-state index is 12.5. The van der Waals surface area contributed by atoms with Gasteiger partial charge in [0.25, 0.3) is 0 Å². The Bertz CT molecular complexity index is 510. The zero-order valence-corrected chi connectivity index (χ0v) is 13.2. The third-order valence-electron chi connectivity index (χ3n) is 2.86. The maximum Gasteiger partial charge on any atom is 0.244 e. The molecule has 0 saturated carbocycles. The topological polar surface area (TPSA) is 49.4 Å². The van der Waals surface area contributed by atoms with E-state index in [1.807, 2.05) is 13.0 Å². The number of hydrogen-bond donors (Lipinski definition) is 1. The van der Waals surface area contributed by atoms with Crippen LogP contribution in [0.5, 0.6) is 0 Å². The first-order valence-electron chi connectivity index (χ1n) is 5.50. The normalized spacial score (nSPS) is 21.3. The first-order chi connectivity index (χ1) is 8.03. The summed E-state index contributed by atoms with van der Waals surface area (Å²) in [7, 11) is -3.40. The largest absolute Gasteiger partial charge is 0.314 e. The molecule has 0 radical (unpaired) electrons. The molecule has 1 aromatic rings. The molecule has 1 fully saturated rings. The van der Waals surface area contributed by atoms with Gasteiger partial charge in [0.1, 0.15) is 0 Å². The van der Waals surface area contributed by atoms with E-state index in [1.54, 1.807) is 22.5 Å². The van der Waals surface area contributed by atoms with E-state index < -0.39 is 10.0 Å². The van der Waals surface area contributed by atoms with Gasteiger partial charge in [0.15, 0.2) is 0 Å². The molecule has 1 aromatic carbocycles. The Hall–Kier alpha value is -0.140. The summed E-state index contributed by atoms with van der Waals surface area (Å²) in [6.45, 7) is 3.84. The molecule has 2 rings (SSSR count). The van der Waals surface area contributed by atoms with Gasteiger partial charge < -0.3 is 5.32 Å². The Morgan fingerprint density at radius 1 is 1.39 bits per heavy atom. The molecule has 1 unspecified atom stereocenters. The minimum absolute atomic E-state index is 0. The van der Waals surface area contributed by atoms with Gasteiger partial charge in [0.05, 0.1) is 4.90 Å². The van der Waals surface area contributed by atoms with Crippen LogP contribution in [0.3, 0.4) is 0 Å². The van der Waals surface area contributed by atoms with Gasteiger partial charge >= 0.3 is 0 Å². The molecule has 1 aliphatic heterocycles. The predicted octanol–water partition coefficient (Wildman–Crippen LogP) is 1.85. The van der Waals surface area contributed by atoms with Crippen LogP contribution in [0.15, 0.2) is 33.6 Å². The maximum absolute atomic E-state index is 12.5. The summed E-state index contributed by atoms with van der Waals surface area (Å²) < 4.78 is 27.1. The fourth-order valence-corrected chi connectivity index (χ4v) is 4.56. The van der Waals surface area contributed by atoms with Crippen LogP contribution in [0.4, 0.5) is 0 Å². The minimum Gasteiger partial charge on any atom is -0.314 e. The van der Waals surface area contributed by atoms with Gasteiger partial charge in [-0.25, -0.2) is 8.42 Å². The first-order valence-corrected chi connectivity index (χ1v) is 7.74. The Morgan fingerprint density at radius 2 is 2.06 bits per heavy atom. The second-order valence-electron chi connectivity index (χ2n) is 4.10. The van der Waals surface area contributed by atoms with Crippen LogP contribution in [0.1, 0.15) is 6.92 Å². The SMILES string of the molecule is CC1CNCCN1S(=O)(=O)c1ccccc1Br.Cl. The molecule has 0 spiro atoms. The van der Waals surface area contributed by atoms with E-state index in [2.05, 4.69) is 21.2 Å². The fraction of sp³-hybridized carbons (Fsp3) is 0.455. The van der Waals surface area contributed by atoms with Crippen LogP contribution in [-0.2, 0) is 10.0 Å². The van der Waals surface area contributed by atoms with Gasteiger partial charge in [-0.15, -0.1) is 12.4 Å². The van der Waals surface area contributed by atoms with Crippen molar-refractivity contribution in [3.8, 4) is 0 Å². The number of piperazine rings is 1. The molecule has 1 atom stereocenters. The highest BCUT2D eigenvalue weighted by atomic mass is 79.9. The fourth-order valence-electron chi connectivity index (χ4n) is 1.96. The smallest absolute Gasteiger partial charge is 0.244 e. The average molecular weight is 356 g/mol. The second kappa shape index (κ2) is 6.34. The molecule has 1 heterocycles. The molecule has 0 bridgehead atoms. The van der Waals surface area contributed by atoms with Crippen molar-refractivity contribution in [1.29, 1.82) is 0 Å². The summed E-state index contributed by atoms with van der Waals surface area (Å²) in [5.41, 5.74) is 0. The van der Waals surface area contributed by atoms with Crippen molar-refractivity contribution in [2.45, 2.75) is 17.9 Å². The Balaban J connectivity index is 0.00000162. The number of hydrogen-bond acceptors (Lipinski definition) is 3. The Morgan fingerprint density at radius 3 is 2.67 bits per heavy atom. The van der Waals surface area contributed by atoms with E-state index in [-0.39, 0.29) is 18.4 Å². The predicted molar refractivity (Wildman–Crippen MR) is 77.6 cm³/mol. The van der Waals surface area contributed by atoms with E-state index in [0.29, 0.717) is 29.0 Å². The van der Waals surface area contributed by atoms with Crippen molar-refractivity contribution >= 4 is 38.4 Å². The lowest BCUT2D eigenvalue weighted by Crippen LogP contribution is -2.52. The van der Waals surface area contributed by atoms with Gasteiger partial charge in [0, 0.05) is 30.1 Å². The zero-order valence-electron chi connectivity index (χ0n) is 9.97. The van der Waals surface area contributed by atoms with Gasteiger partial charge in [0.2, 0.25) is 10.0 Å². The van der Waals surface area contributed by atoms with Gasteiger partial charge in [-0.05, 0) is 35.0 Å². The van der Waals surface area contributed by atoms with Crippen molar-refractivity contribution in [3.63, 3.8) is 0 Å². The van der Waals surface area contributed by atoms with Crippen molar-refractivity contribution in [3.05, 3.63) is 28.7 Å². The molecule has 0 aliphatic carbocycles. The van der Waals surface area contributed by atoms with Crippen molar-refractivity contribution in [1.82, 2.24) is 9.62 Å². The quantitative estimate of drug-likeness (QED) is 0.881. The van der Waals surface area contributed by atoms with Crippen molar-refractivity contribution in [2.75, 3.05) is 19.6 Å². The summed E-state index contributed by atoms with van der Waals surface area (Å²) in [5.74, 6) is 0. The lowest BCUT2D eigenvalue weighted by atomic mass is 10.3. The highest BCUT2D eigenvalue weighted by molar-refractivity contribution is 9.10. The summed E-state index contributed by atoms with van der Waals surface area (Å²) in [6.07, 6.45) is 0. The molecule has 0 amide bonds. The monoisotopic (exact) mass is 354 g/mol. The summed E-state index contributed by atoms with van der Waals surface area (Å²) in [4.78, 5) is 0.341. The summed E-state index contributed by atoms with van der Waals surface area (Å²) in [5, 5.41) is 3.18. The third-order valence-corrected chi connectivity index (χ3v) is 5.89. The van der Waals surface area contributed by atoms with Crippen LogP contribution in [0.25, 0.3) is 0 Å². The number of halogens is 2. The van der Waals surface area contributed by atoms with Crippen LogP contribution in [0, 0.1) is 0 Å². The van der Waals surface area contributed by atoms with Gasteiger partial charge in [-0.1, -0.05) is 12.1 Å². The van der Waals surface area contributed by atoms with Crippen LogP contribution < -0.4 is 5.32 Å².